The molecule has 0 radical (unpaired) electrons. The minimum atomic E-state index is -0.332. The third kappa shape index (κ3) is 9.26. The molecule has 0 bridgehead atoms. The van der Waals surface area contributed by atoms with Crippen molar-refractivity contribution in [3.63, 3.8) is 0 Å². The molecule has 1 saturated heterocycles. The molecule has 1 heterocycles. The van der Waals surface area contributed by atoms with Crippen molar-refractivity contribution in [1.29, 1.82) is 0 Å². The Morgan fingerprint density at radius 3 is 2.19 bits per heavy atom. The molecule has 1 aliphatic heterocycles. The van der Waals surface area contributed by atoms with Crippen molar-refractivity contribution < 1.29 is 0 Å². The highest BCUT2D eigenvalue weighted by atomic mass is 35.5. The minimum Gasteiger partial charge on any atom is -0.0709 e. The quantitative estimate of drug-likeness (QED) is 0.219. The Morgan fingerprint density at radius 1 is 0.871 bits per heavy atom. The SMILES string of the molecule is CCCCC[Si@H]1CC[C@H]([C@H]2CC[C@H](CCCCc3ccc(C=C(Cl)Cl)cc3)CC2)CC1. The van der Waals surface area contributed by atoms with Gasteiger partial charge in [-0.3, -0.25) is 0 Å². The molecule has 1 aromatic carbocycles. The summed E-state index contributed by atoms with van der Waals surface area (Å²) in [6, 6.07) is 13.7. The van der Waals surface area contributed by atoms with Gasteiger partial charge in [-0.1, -0.05) is 130 Å². The average Bonchev–Trinajstić information content (AvgIpc) is 2.79. The molecule has 1 aliphatic carbocycles. The number of hydrogen-bond acceptors (Lipinski definition) is 0. The zero-order valence-corrected chi connectivity index (χ0v) is 22.4. The second-order valence-corrected chi connectivity index (χ2v) is 15.0. The van der Waals surface area contributed by atoms with Gasteiger partial charge in [-0.05, 0) is 60.6 Å². The van der Waals surface area contributed by atoms with Crippen LogP contribution in [0.3, 0.4) is 0 Å². The first-order valence-electron chi connectivity index (χ1n) is 13.3. The average molecular weight is 480 g/mol. The largest absolute Gasteiger partial charge is 0.107 e. The van der Waals surface area contributed by atoms with Crippen LogP contribution in [0.5, 0.6) is 0 Å². The van der Waals surface area contributed by atoms with E-state index in [1.807, 2.05) is 0 Å². The van der Waals surface area contributed by atoms with Crippen molar-refractivity contribution in [3.05, 3.63) is 39.9 Å². The Bertz CT molecular complexity index is 633. The molecule has 0 unspecified atom stereocenters. The van der Waals surface area contributed by atoms with Crippen LogP contribution in [-0.4, -0.2) is 8.80 Å². The van der Waals surface area contributed by atoms with Crippen molar-refractivity contribution in [2.75, 3.05) is 0 Å². The minimum absolute atomic E-state index is 0.319. The summed E-state index contributed by atoms with van der Waals surface area (Å²) in [4.78, 5) is 0. The van der Waals surface area contributed by atoms with Gasteiger partial charge in [0.05, 0.1) is 0 Å². The van der Waals surface area contributed by atoms with E-state index in [4.69, 9.17) is 23.2 Å². The van der Waals surface area contributed by atoms with Crippen molar-refractivity contribution >= 4 is 38.1 Å². The number of halogens is 2. The van der Waals surface area contributed by atoms with Gasteiger partial charge in [-0.2, -0.15) is 0 Å². The van der Waals surface area contributed by atoms with Crippen LogP contribution in [0, 0.1) is 17.8 Å². The van der Waals surface area contributed by atoms with Gasteiger partial charge in [0.2, 0.25) is 0 Å². The molecule has 31 heavy (non-hydrogen) atoms. The van der Waals surface area contributed by atoms with Crippen LogP contribution in [0.25, 0.3) is 6.08 Å². The third-order valence-electron chi connectivity index (χ3n) is 8.25. The molecule has 1 saturated carbocycles. The van der Waals surface area contributed by atoms with Gasteiger partial charge in [0.1, 0.15) is 4.49 Å². The first kappa shape index (κ1) is 25.4. The van der Waals surface area contributed by atoms with Crippen LogP contribution < -0.4 is 0 Å². The summed E-state index contributed by atoms with van der Waals surface area (Å²) in [6.45, 7) is 2.34. The lowest BCUT2D eigenvalue weighted by Crippen LogP contribution is -2.28. The zero-order valence-electron chi connectivity index (χ0n) is 19.8. The molecule has 1 aromatic rings. The predicted molar refractivity (Wildman–Crippen MR) is 143 cm³/mol. The number of hydrogen-bond donors (Lipinski definition) is 0. The Kier molecular flexibility index (Phi) is 11.6. The van der Waals surface area contributed by atoms with Crippen LogP contribution >= 0.6 is 23.2 Å². The topological polar surface area (TPSA) is 0 Å². The van der Waals surface area contributed by atoms with E-state index in [0.717, 1.165) is 23.3 Å². The summed E-state index contributed by atoms with van der Waals surface area (Å²) in [5.74, 6) is 3.19. The third-order valence-corrected chi connectivity index (χ3v) is 12.0. The monoisotopic (exact) mass is 478 g/mol. The van der Waals surface area contributed by atoms with Gasteiger partial charge >= 0.3 is 0 Å². The normalized spacial score (nSPS) is 26.5. The van der Waals surface area contributed by atoms with Gasteiger partial charge in [-0.25, -0.2) is 0 Å². The maximum absolute atomic E-state index is 5.74. The van der Waals surface area contributed by atoms with E-state index in [9.17, 15) is 0 Å². The van der Waals surface area contributed by atoms with E-state index in [1.165, 1.54) is 76.2 Å². The molecule has 0 aromatic heterocycles. The Labute approximate surface area is 203 Å². The maximum atomic E-state index is 5.74. The lowest BCUT2D eigenvalue weighted by molar-refractivity contribution is 0.184. The van der Waals surface area contributed by atoms with Gasteiger partial charge in [0.15, 0.2) is 0 Å². The van der Waals surface area contributed by atoms with E-state index in [2.05, 4.69) is 31.2 Å². The summed E-state index contributed by atoms with van der Waals surface area (Å²) in [5, 5.41) is 0. The summed E-state index contributed by atoms with van der Waals surface area (Å²) in [6.07, 6.45) is 20.9. The van der Waals surface area contributed by atoms with Gasteiger partial charge in [-0.15, -0.1) is 0 Å². The van der Waals surface area contributed by atoms with Gasteiger partial charge in [0.25, 0.3) is 0 Å². The second-order valence-electron chi connectivity index (χ2n) is 10.5. The first-order chi connectivity index (χ1) is 15.1. The van der Waals surface area contributed by atoms with Crippen LogP contribution in [0.15, 0.2) is 28.8 Å². The van der Waals surface area contributed by atoms with E-state index in [1.54, 1.807) is 37.0 Å². The molecular formula is C28H44Cl2Si. The van der Waals surface area contributed by atoms with Crippen molar-refractivity contribution in [1.82, 2.24) is 0 Å². The number of benzene rings is 1. The summed E-state index contributed by atoms with van der Waals surface area (Å²) in [5.41, 5.74) is 2.51. The zero-order chi connectivity index (χ0) is 21.9. The van der Waals surface area contributed by atoms with E-state index in [0.29, 0.717) is 4.49 Å². The molecule has 3 heteroatoms. The smallest absolute Gasteiger partial charge is 0.0709 e. The van der Waals surface area contributed by atoms with Gasteiger partial charge < -0.3 is 0 Å². The van der Waals surface area contributed by atoms with Gasteiger partial charge in [0, 0.05) is 8.80 Å². The fourth-order valence-corrected chi connectivity index (χ4v) is 10.0. The summed E-state index contributed by atoms with van der Waals surface area (Å²) in [7, 11) is -0.332. The highest BCUT2D eigenvalue weighted by Gasteiger charge is 2.30. The van der Waals surface area contributed by atoms with Crippen molar-refractivity contribution in [2.45, 2.75) is 109 Å². The Hall–Kier alpha value is -0.243. The fourth-order valence-electron chi connectivity index (χ4n) is 6.25. The number of unbranched alkanes of at least 4 members (excludes halogenated alkanes) is 3. The molecule has 0 N–H and O–H groups in total. The van der Waals surface area contributed by atoms with E-state index >= 15 is 0 Å². The molecule has 174 valence electrons. The highest BCUT2D eigenvalue weighted by Crippen LogP contribution is 2.42. The predicted octanol–water partition coefficient (Wildman–Crippen LogP) is 9.81. The highest BCUT2D eigenvalue weighted by molar-refractivity contribution is 6.59. The fraction of sp³-hybridized carbons (Fsp3) is 0.714. The molecule has 0 spiro atoms. The lowest BCUT2D eigenvalue weighted by Gasteiger charge is -2.37. The molecule has 0 atom stereocenters. The van der Waals surface area contributed by atoms with Crippen LogP contribution in [0.1, 0.15) is 95.1 Å². The van der Waals surface area contributed by atoms with E-state index < -0.39 is 0 Å². The van der Waals surface area contributed by atoms with Crippen LogP contribution in [0.4, 0.5) is 0 Å². The molecule has 0 nitrogen and oxygen atoms in total. The maximum Gasteiger partial charge on any atom is 0.107 e. The summed E-state index contributed by atoms with van der Waals surface area (Å²) < 4.78 is 0.319. The number of rotatable bonds is 11. The lowest BCUT2D eigenvalue weighted by atomic mass is 9.73. The number of aryl methyl sites for hydroxylation is 1. The first-order valence-corrected chi connectivity index (χ1v) is 16.5. The van der Waals surface area contributed by atoms with Crippen molar-refractivity contribution in [3.8, 4) is 0 Å². The van der Waals surface area contributed by atoms with Crippen LogP contribution in [0.2, 0.25) is 18.1 Å². The summed E-state index contributed by atoms with van der Waals surface area (Å²) >= 11 is 11.5. The standard InChI is InChI=1S/C28H44Cl2Si/c1-2-3-6-19-31-20-17-27(18-21-31)26-15-13-24(14-16-26)8-5-4-7-23-9-11-25(12-10-23)22-28(29)30/h9-12,22,24,26-27,31H,2-8,13-21H2,1H3/t24-,26-,27-,31-. The molecule has 3 rings (SSSR count). The molecular weight excluding hydrogens is 435 g/mol. The Morgan fingerprint density at radius 2 is 1.55 bits per heavy atom. The Balaban J connectivity index is 1.26. The van der Waals surface area contributed by atoms with Crippen LogP contribution in [-0.2, 0) is 6.42 Å². The molecule has 0 amide bonds. The molecule has 2 aliphatic rings. The van der Waals surface area contributed by atoms with E-state index in [-0.39, 0.29) is 8.80 Å². The second kappa shape index (κ2) is 14.1. The van der Waals surface area contributed by atoms with Crippen molar-refractivity contribution in [2.24, 2.45) is 17.8 Å². The molecule has 2 fully saturated rings.